The fraction of sp³-hybridized carbons (Fsp3) is 0.250. The molecule has 0 aliphatic heterocycles. The quantitative estimate of drug-likeness (QED) is 0.168. The van der Waals surface area contributed by atoms with E-state index in [1.54, 1.807) is 0 Å². The van der Waals surface area contributed by atoms with E-state index in [0.717, 1.165) is 34.1 Å². The van der Waals surface area contributed by atoms with E-state index >= 15 is 0 Å². The molecule has 0 fully saturated rings. The first-order valence-electron chi connectivity index (χ1n) is 9.45. The van der Waals surface area contributed by atoms with Gasteiger partial charge in [0, 0.05) is 36.8 Å². The molecule has 0 N–H and O–H groups in total. The van der Waals surface area contributed by atoms with Crippen LogP contribution in [0.3, 0.4) is 0 Å². The number of hydrogen-bond acceptors (Lipinski definition) is 10. The van der Waals surface area contributed by atoms with Crippen LogP contribution in [0.4, 0.5) is 22.2 Å². The van der Waals surface area contributed by atoms with Crippen molar-refractivity contribution in [3.8, 4) is 0 Å². The number of nitro groups is 1. The summed E-state index contributed by atoms with van der Waals surface area (Å²) in [7, 11) is 0.0456. The van der Waals surface area contributed by atoms with Gasteiger partial charge in [0.25, 0.3) is 5.69 Å². The highest BCUT2D eigenvalue weighted by Crippen LogP contribution is 2.35. The van der Waals surface area contributed by atoms with Gasteiger partial charge in [0.05, 0.1) is 21.7 Å². The largest absolute Gasteiger partial charge is 0.378 e. The van der Waals surface area contributed by atoms with Crippen LogP contribution in [0.15, 0.2) is 72.9 Å². The molecule has 0 atom stereocenters. The van der Waals surface area contributed by atoms with Crippen molar-refractivity contribution in [3.05, 3.63) is 58.8 Å². The molecule has 0 amide bonds. The topological polar surface area (TPSA) is 118 Å². The molecule has 1 aromatic heterocycles. The van der Waals surface area contributed by atoms with Gasteiger partial charge in [0.1, 0.15) is 4.21 Å². The number of thiazole rings is 1. The maximum atomic E-state index is 12.7. The minimum absolute atomic E-state index is 0.0154. The number of thioether (sulfide) groups is 1. The first-order chi connectivity index (χ1) is 15.2. The molecule has 1 heterocycles. The van der Waals surface area contributed by atoms with E-state index < -0.39 is 14.8 Å². The molecule has 12 heteroatoms. The first kappa shape index (κ1) is 25.4. The minimum Gasteiger partial charge on any atom is -0.378 e. The Bertz CT molecular complexity index is 1210. The molecule has 32 heavy (non-hydrogen) atoms. The molecule has 0 aliphatic rings. The minimum atomic E-state index is -3.85. The zero-order valence-corrected chi connectivity index (χ0v) is 20.7. The van der Waals surface area contributed by atoms with Crippen LogP contribution in [0.5, 0.6) is 0 Å². The van der Waals surface area contributed by atoms with Gasteiger partial charge in [-0.1, -0.05) is 25.2 Å². The fourth-order valence-corrected chi connectivity index (χ4v) is 5.31. The molecular formula is C20H23N5O4S3. The van der Waals surface area contributed by atoms with Gasteiger partial charge in [-0.25, -0.2) is 13.4 Å². The van der Waals surface area contributed by atoms with E-state index in [0.29, 0.717) is 5.69 Å². The Morgan fingerprint density at radius 3 is 2.31 bits per heavy atom. The molecule has 170 valence electrons. The highest BCUT2D eigenvalue weighted by molar-refractivity contribution is 7.98. The van der Waals surface area contributed by atoms with Crippen LogP contribution in [-0.2, 0) is 9.84 Å². The smallest absolute Gasteiger partial charge is 0.269 e. The Balaban J connectivity index is 0.00000176. The van der Waals surface area contributed by atoms with Crippen molar-refractivity contribution in [2.45, 2.75) is 27.8 Å². The van der Waals surface area contributed by atoms with Gasteiger partial charge >= 0.3 is 0 Å². The maximum Gasteiger partial charge on any atom is 0.269 e. The molecule has 0 saturated heterocycles. The summed E-state index contributed by atoms with van der Waals surface area (Å²) in [4.78, 5) is 17.0. The number of rotatable bonds is 7. The predicted octanol–water partition coefficient (Wildman–Crippen LogP) is 6.11. The number of benzene rings is 2. The molecule has 3 rings (SSSR count). The van der Waals surface area contributed by atoms with Crippen LogP contribution in [0, 0.1) is 10.1 Å². The molecule has 3 aromatic rings. The van der Waals surface area contributed by atoms with E-state index in [1.807, 2.05) is 57.3 Å². The van der Waals surface area contributed by atoms with Gasteiger partial charge in [0.15, 0.2) is 0 Å². The van der Waals surface area contributed by atoms with E-state index in [9.17, 15) is 18.5 Å². The fourth-order valence-electron chi connectivity index (χ4n) is 2.41. The number of aromatic nitrogens is 1. The predicted molar refractivity (Wildman–Crippen MR) is 129 cm³/mol. The molecule has 0 bridgehead atoms. The van der Waals surface area contributed by atoms with E-state index in [2.05, 4.69) is 15.2 Å². The summed E-state index contributed by atoms with van der Waals surface area (Å²) in [5.74, 6) is 0. The lowest BCUT2D eigenvalue weighted by molar-refractivity contribution is -0.384. The molecule has 0 unspecified atom stereocenters. The van der Waals surface area contributed by atoms with Crippen LogP contribution in [0.1, 0.15) is 13.8 Å². The number of nitro benzene ring substituents is 1. The van der Waals surface area contributed by atoms with Gasteiger partial charge in [-0.3, -0.25) is 10.1 Å². The normalized spacial score (nSPS) is 11.2. The third kappa shape index (κ3) is 5.90. The van der Waals surface area contributed by atoms with Gasteiger partial charge in [-0.2, -0.15) is 0 Å². The van der Waals surface area contributed by atoms with Gasteiger partial charge in [-0.15, -0.1) is 22.0 Å². The van der Waals surface area contributed by atoms with Crippen LogP contribution in [0.25, 0.3) is 0 Å². The summed E-state index contributed by atoms with van der Waals surface area (Å²) in [5.41, 5.74) is 1.50. The molecule has 0 radical (unpaired) electrons. The van der Waals surface area contributed by atoms with Crippen molar-refractivity contribution in [2.24, 2.45) is 10.2 Å². The molecule has 0 spiro atoms. The number of nitrogens with zero attached hydrogens (tertiary/aromatic N) is 5. The van der Waals surface area contributed by atoms with Gasteiger partial charge < -0.3 is 4.90 Å². The average Bonchev–Trinajstić information content (AvgIpc) is 3.29. The molecule has 0 saturated carbocycles. The number of azo groups is 1. The average molecular weight is 494 g/mol. The SMILES string of the molecule is CC.CSc1cc(N(C)C)ccc1N=Nc1ncc(S(=O)(=O)c2ccc([N+](=O)[O-])cc2)s1. The Hall–Kier alpha value is -2.83. The molecular weight excluding hydrogens is 470 g/mol. The van der Waals surface area contributed by atoms with Crippen LogP contribution >= 0.6 is 23.1 Å². The number of sulfone groups is 1. The summed E-state index contributed by atoms with van der Waals surface area (Å²) in [5, 5.41) is 19.2. The zero-order chi connectivity index (χ0) is 23.9. The van der Waals surface area contributed by atoms with Crippen LogP contribution in [-0.4, -0.2) is 38.7 Å². The standard InChI is InChI=1S/C18H17N5O4S3.C2H6/c1-22(2)13-6-9-15(16(10-13)28-3)20-21-18-19-11-17(29-18)30(26,27)14-7-4-12(5-8-14)23(24)25;1-2/h4-11H,1-3H3;1-2H3. The van der Waals surface area contributed by atoms with Gasteiger partial charge in [0.2, 0.25) is 15.0 Å². The summed E-state index contributed by atoms with van der Waals surface area (Å²) in [6, 6.07) is 10.4. The Morgan fingerprint density at radius 2 is 1.75 bits per heavy atom. The lowest BCUT2D eigenvalue weighted by atomic mass is 10.3. The van der Waals surface area contributed by atoms with Crippen molar-refractivity contribution in [3.63, 3.8) is 0 Å². The highest BCUT2D eigenvalue weighted by atomic mass is 32.2. The highest BCUT2D eigenvalue weighted by Gasteiger charge is 2.22. The summed E-state index contributed by atoms with van der Waals surface area (Å²) >= 11 is 2.41. The lowest BCUT2D eigenvalue weighted by Gasteiger charge is -2.13. The molecule has 2 aromatic carbocycles. The third-order valence-corrected chi connectivity index (χ3v) is 7.90. The molecule has 9 nitrogen and oxygen atoms in total. The van der Waals surface area contributed by atoms with Crippen molar-refractivity contribution in [1.29, 1.82) is 0 Å². The summed E-state index contributed by atoms with van der Waals surface area (Å²) in [6.45, 7) is 4.00. The summed E-state index contributed by atoms with van der Waals surface area (Å²) < 4.78 is 25.4. The van der Waals surface area contributed by atoms with Crippen molar-refractivity contribution < 1.29 is 13.3 Å². The van der Waals surface area contributed by atoms with Crippen LogP contribution < -0.4 is 4.90 Å². The number of anilines is 1. The van der Waals surface area contributed by atoms with Crippen LogP contribution in [0.2, 0.25) is 0 Å². The molecule has 0 aliphatic carbocycles. The zero-order valence-electron chi connectivity index (χ0n) is 18.2. The number of hydrogen-bond donors (Lipinski definition) is 0. The monoisotopic (exact) mass is 493 g/mol. The second kappa shape index (κ2) is 11.2. The second-order valence-electron chi connectivity index (χ2n) is 6.17. The third-order valence-electron chi connectivity index (χ3n) is 4.02. The Kier molecular flexibility index (Phi) is 8.87. The van der Waals surface area contributed by atoms with E-state index in [-0.39, 0.29) is 19.9 Å². The summed E-state index contributed by atoms with van der Waals surface area (Å²) in [6.07, 6.45) is 3.15. The Morgan fingerprint density at radius 1 is 1.09 bits per heavy atom. The van der Waals surface area contributed by atoms with Crippen molar-refractivity contribution in [2.75, 3.05) is 25.3 Å². The van der Waals surface area contributed by atoms with Gasteiger partial charge in [-0.05, 0) is 36.6 Å². The van der Waals surface area contributed by atoms with E-state index in [4.69, 9.17) is 0 Å². The first-order valence-corrected chi connectivity index (χ1v) is 13.0. The second-order valence-corrected chi connectivity index (χ2v) is 10.2. The van der Waals surface area contributed by atoms with E-state index in [1.165, 1.54) is 30.1 Å². The lowest BCUT2D eigenvalue weighted by Crippen LogP contribution is -2.08. The maximum absolute atomic E-state index is 12.7. The van der Waals surface area contributed by atoms with Crippen molar-refractivity contribution >= 4 is 55.1 Å². The Labute approximate surface area is 195 Å². The number of non-ortho nitro benzene ring substituents is 1. The van der Waals surface area contributed by atoms with Crippen molar-refractivity contribution in [1.82, 2.24) is 4.98 Å².